The zero-order valence-electron chi connectivity index (χ0n) is 10.9. The number of nitro benzene ring substituents is 1. The van der Waals surface area contributed by atoms with E-state index >= 15 is 0 Å². The standard InChI is InChI=1S/C13H9N3O5S/c17-11(4-5-12(18)19)15-13-14-10(7-22-13)8-2-1-3-9(6-8)16(20)21/h1-7H,(H,18,19)(H,14,15,17)/b5-4+. The summed E-state index contributed by atoms with van der Waals surface area (Å²) < 4.78 is 0. The van der Waals surface area contributed by atoms with Crippen molar-refractivity contribution in [1.29, 1.82) is 0 Å². The molecule has 0 spiro atoms. The van der Waals surface area contributed by atoms with E-state index in [2.05, 4.69) is 10.3 Å². The maximum absolute atomic E-state index is 11.4. The zero-order valence-corrected chi connectivity index (χ0v) is 11.7. The van der Waals surface area contributed by atoms with Crippen molar-refractivity contribution >= 4 is 34.0 Å². The van der Waals surface area contributed by atoms with Crippen LogP contribution in [0.2, 0.25) is 0 Å². The molecule has 0 unspecified atom stereocenters. The van der Waals surface area contributed by atoms with Gasteiger partial charge in [0, 0.05) is 35.2 Å². The number of thiazole rings is 1. The summed E-state index contributed by atoms with van der Waals surface area (Å²) in [7, 11) is 0. The first kappa shape index (κ1) is 15.3. The molecule has 8 nitrogen and oxygen atoms in total. The predicted octanol–water partition coefficient (Wildman–Crippen LogP) is 2.30. The van der Waals surface area contributed by atoms with Gasteiger partial charge in [0.05, 0.1) is 10.6 Å². The van der Waals surface area contributed by atoms with Crippen LogP contribution in [0.1, 0.15) is 0 Å². The van der Waals surface area contributed by atoms with E-state index in [9.17, 15) is 19.7 Å². The summed E-state index contributed by atoms with van der Waals surface area (Å²) in [5.74, 6) is -1.85. The van der Waals surface area contributed by atoms with E-state index in [4.69, 9.17) is 5.11 Å². The number of hydrogen-bond acceptors (Lipinski definition) is 6. The molecule has 22 heavy (non-hydrogen) atoms. The minimum atomic E-state index is -1.23. The molecule has 0 aliphatic rings. The van der Waals surface area contributed by atoms with Crippen LogP contribution in [0, 0.1) is 10.1 Å². The van der Waals surface area contributed by atoms with E-state index in [-0.39, 0.29) is 10.8 Å². The van der Waals surface area contributed by atoms with Crippen molar-refractivity contribution in [3.05, 3.63) is 51.9 Å². The first-order valence-electron chi connectivity index (χ1n) is 5.88. The fourth-order valence-electron chi connectivity index (χ4n) is 1.54. The third kappa shape index (κ3) is 3.96. The number of carbonyl (C=O) groups is 2. The number of non-ortho nitro benzene ring substituents is 1. The van der Waals surface area contributed by atoms with Crippen LogP contribution >= 0.6 is 11.3 Å². The van der Waals surface area contributed by atoms with E-state index in [1.165, 1.54) is 12.1 Å². The lowest BCUT2D eigenvalue weighted by Crippen LogP contribution is -2.08. The zero-order chi connectivity index (χ0) is 16.1. The van der Waals surface area contributed by atoms with Crippen LogP contribution in [0.3, 0.4) is 0 Å². The van der Waals surface area contributed by atoms with Gasteiger partial charge in [-0.2, -0.15) is 0 Å². The number of amides is 1. The Morgan fingerprint density at radius 1 is 1.36 bits per heavy atom. The van der Waals surface area contributed by atoms with Gasteiger partial charge < -0.3 is 5.11 Å². The van der Waals surface area contributed by atoms with Gasteiger partial charge in [-0.25, -0.2) is 9.78 Å². The van der Waals surface area contributed by atoms with Crippen LogP contribution < -0.4 is 5.32 Å². The maximum Gasteiger partial charge on any atom is 0.328 e. The summed E-state index contributed by atoms with van der Waals surface area (Å²) in [6.07, 6.45) is 1.58. The van der Waals surface area contributed by atoms with Gasteiger partial charge in [-0.1, -0.05) is 12.1 Å². The lowest BCUT2D eigenvalue weighted by Gasteiger charge is -1.97. The Hall–Kier alpha value is -3.07. The second-order valence-corrected chi connectivity index (χ2v) is 4.86. The molecule has 2 rings (SSSR count). The van der Waals surface area contributed by atoms with E-state index in [1.54, 1.807) is 17.5 Å². The molecule has 1 aromatic heterocycles. The van der Waals surface area contributed by atoms with Crippen molar-refractivity contribution in [1.82, 2.24) is 4.98 Å². The summed E-state index contributed by atoms with van der Waals surface area (Å²) in [6.45, 7) is 0. The first-order chi connectivity index (χ1) is 10.5. The second kappa shape index (κ2) is 6.59. The van der Waals surface area contributed by atoms with Crippen molar-refractivity contribution in [2.24, 2.45) is 0 Å². The summed E-state index contributed by atoms with van der Waals surface area (Å²) in [4.78, 5) is 36.1. The number of aromatic nitrogens is 1. The summed E-state index contributed by atoms with van der Waals surface area (Å²) in [6, 6.07) is 5.96. The number of carboxylic acid groups (broad SMARTS) is 1. The highest BCUT2D eigenvalue weighted by molar-refractivity contribution is 7.14. The van der Waals surface area contributed by atoms with Gasteiger partial charge in [0.2, 0.25) is 5.91 Å². The molecule has 9 heteroatoms. The van der Waals surface area contributed by atoms with Crippen LogP contribution in [-0.2, 0) is 9.59 Å². The summed E-state index contributed by atoms with van der Waals surface area (Å²) in [5.41, 5.74) is 0.971. The fraction of sp³-hybridized carbons (Fsp3) is 0. The third-order valence-corrected chi connectivity index (χ3v) is 3.22. The number of rotatable bonds is 5. The Morgan fingerprint density at radius 3 is 2.82 bits per heavy atom. The number of benzene rings is 1. The minimum absolute atomic E-state index is 0.0551. The topological polar surface area (TPSA) is 122 Å². The van der Waals surface area contributed by atoms with Gasteiger partial charge >= 0.3 is 5.97 Å². The van der Waals surface area contributed by atoms with Gasteiger partial charge in [0.1, 0.15) is 0 Å². The van der Waals surface area contributed by atoms with Gasteiger partial charge in [0.25, 0.3) is 5.69 Å². The lowest BCUT2D eigenvalue weighted by molar-refractivity contribution is -0.384. The molecule has 0 aliphatic heterocycles. The van der Waals surface area contributed by atoms with Crippen molar-refractivity contribution < 1.29 is 19.6 Å². The minimum Gasteiger partial charge on any atom is -0.478 e. The van der Waals surface area contributed by atoms with E-state index in [0.717, 1.165) is 17.4 Å². The highest BCUT2D eigenvalue weighted by atomic mass is 32.1. The van der Waals surface area contributed by atoms with Crippen molar-refractivity contribution in [2.75, 3.05) is 5.32 Å². The summed E-state index contributed by atoms with van der Waals surface area (Å²) >= 11 is 1.13. The molecule has 0 atom stereocenters. The SMILES string of the molecule is O=C(O)/C=C/C(=O)Nc1nc(-c2cccc([N+](=O)[O-])c2)cs1. The molecule has 0 radical (unpaired) electrons. The molecule has 0 bridgehead atoms. The highest BCUT2D eigenvalue weighted by Crippen LogP contribution is 2.27. The number of hydrogen-bond donors (Lipinski definition) is 2. The summed E-state index contributed by atoms with van der Waals surface area (Å²) in [5, 5.41) is 23.5. The fourth-order valence-corrected chi connectivity index (χ4v) is 2.26. The van der Waals surface area contributed by atoms with Crippen molar-refractivity contribution in [3.8, 4) is 11.3 Å². The highest BCUT2D eigenvalue weighted by Gasteiger charge is 2.10. The van der Waals surface area contributed by atoms with Crippen LogP contribution in [0.5, 0.6) is 0 Å². The van der Waals surface area contributed by atoms with E-state index < -0.39 is 16.8 Å². The number of nitro groups is 1. The number of carboxylic acids is 1. The molecule has 0 aliphatic carbocycles. The van der Waals surface area contributed by atoms with Crippen molar-refractivity contribution in [2.45, 2.75) is 0 Å². The number of anilines is 1. The van der Waals surface area contributed by atoms with Crippen LogP contribution in [-0.4, -0.2) is 26.9 Å². The normalized spacial score (nSPS) is 10.5. The molecule has 1 heterocycles. The van der Waals surface area contributed by atoms with Crippen LogP contribution in [0.15, 0.2) is 41.8 Å². The molecule has 0 fully saturated rings. The average molecular weight is 319 g/mol. The number of carbonyl (C=O) groups excluding carboxylic acids is 1. The molecule has 1 aromatic carbocycles. The molecule has 1 amide bonds. The quantitative estimate of drug-likeness (QED) is 0.495. The third-order valence-electron chi connectivity index (χ3n) is 2.46. The molecule has 0 saturated heterocycles. The van der Waals surface area contributed by atoms with Gasteiger partial charge in [-0.05, 0) is 0 Å². The van der Waals surface area contributed by atoms with E-state index in [0.29, 0.717) is 17.3 Å². The smallest absolute Gasteiger partial charge is 0.328 e. The average Bonchev–Trinajstić information content (AvgIpc) is 2.93. The molecular weight excluding hydrogens is 310 g/mol. The Kier molecular flexibility index (Phi) is 4.59. The van der Waals surface area contributed by atoms with Crippen LogP contribution in [0.4, 0.5) is 10.8 Å². The molecular formula is C13H9N3O5S. The lowest BCUT2D eigenvalue weighted by atomic mass is 10.1. The van der Waals surface area contributed by atoms with Gasteiger partial charge in [-0.3, -0.25) is 20.2 Å². The number of nitrogens with one attached hydrogen (secondary N) is 1. The predicted molar refractivity (Wildman–Crippen MR) is 79.6 cm³/mol. The molecule has 0 saturated carbocycles. The largest absolute Gasteiger partial charge is 0.478 e. The van der Waals surface area contributed by atoms with Gasteiger partial charge in [0.15, 0.2) is 5.13 Å². The first-order valence-corrected chi connectivity index (χ1v) is 6.76. The number of nitrogens with zero attached hydrogens (tertiary/aromatic N) is 2. The van der Waals surface area contributed by atoms with E-state index in [1.807, 2.05) is 0 Å². The Balaban J connectivity index is 2.14. The Labute approximate surface area is 127 Å². The second-order valence-electron chi connectivity index (χ2n) is 4.01. The monoisotopic (exact) mass is 319 g/mol. The Bertz CT molecular complexity index is 769. The van der Waals surface area contributed by atoms with Crippen molar-refractivity contribution in [3.63, 3.8) is 0 Å². The Morgan fingerprint density at radius 2 is 2.14 bits per heavy atom. The molecule has 2 N–H and O–H groups in total. The molecule has 2 aromatic rings. The number of aliphatic carboxylic acids is 1. The van der Waals surface area contributed by atoms with Gasteiger partial charge in [-0.15, -0.1) is 11.3 Å². The van der Waals surface area contributed by atoms with Crippen LogP contribution in [0.25, 0.3) is 11.3 Å². The maximum atomic E-state index is 11.4. The molecule has 112 valence electrons.